The van der Waals surface area contributed by atoms with Crippen LogP contribution in [0.15, 0.2) is 12.4 Å². The van der Waals surface area contributed by atoms with E-state index in [9.17, 15) is 13.2 Å². The number of carbonyl (C=O) groups excluding carboxylic acids is 1. The van der Waals surface area contributed by atoms with E-state index in [0.29, 0.717) is 5.82 Å². The van der Waals surface area contributed by atoms with Crippen molar-refractivity contribution >= 4 is 15.6 Å². The Balaban J connectivity index is 2.56. The molecule has 0 fully saturated rings. The number of aryl methyl sites for hydroxylation is 1. The van der Waals surface area contributed by atoms with Gasteiger partial charge in [-0.2, -0.15) is 0 Å². The van der Waals surface area contributed by atoms with Crippen LogP contribution in [0.3, 0.4) is 0 Å². The van der Waals surface area contributed by atoms with Gasteiger partial charge in [0.25, 0.3) is 0 Å². The predicted molar refractivity (Wildman–Crippen MR) is 73.5 cm³/mol. The Morgan fingerprint density at radius 2 is 2.21 bits per heavy atom. The number of hydrogen-bond donors (Lipinski definition) is 1. The molecule has 0 aliphatic rings. The van der Waals surface area contributed by atoms with Crippen LogP contribution in [-0.2, 0) is 27.6 Å². The average Bonchev–Trinajstić information content (AvgIpc) is 2.73. The lowest BCUT2D eigenvalue weighted by Gasteiger charge is -2.10. The summed E-state index contributed by atoms with van der Waals surface area (Å²) in [7, 11) is -3.08. The lowest BCUT2D eigenvalue weighted by atomic mass is 10.1. The molecule has 0 saturated carbocycles. The molecule has 0 radical (unpaired) electrons. The van der Waals surface area contributed by atoms with Gasteiger partial charge in [-0.1, -0.05) is 6.92 Å². The van der Waals surface area contributed by atoms with E-state index in [0.717, 1.165) is 19.2 Å². The van der Waals surface area contributed by atoms with Gasteiger partial charge in [0.1, 0.15) is 15.7 Å². The van der Waals surface area contributed by atoms with E-state index in [4.69, 9.17) is 5.73 Å². The minimum absolute atomic E-state index is 0.0662. The monoisotopic (exact) mass is 287 g/mol. The minimum atomic E-state index is -3.08. The number of sulfone groups is 1. The van der Waals surface area contributed by atoms with Crippen LogP contribution in [0.4, 0.5) is 0 Å². The number of hydrogen-bond acceptors (Lipinski definition) is 5. The smallest absolute Gasteiger partial charge is 0.157 e. The van der Waals surface area contributed by atoms with E-state index in [-0.39, 0.29) is 24.4 Å². The molecule has 1 unspecified atom stereocenters. The third kappa shape index (κ3) is 5.52. The summed E-state index contributed by atoms with van der Waals surface area (Å²) >= 11 is 0. The fourth-order valence-corrected chi connectivity index (χ4v) is 2.42. The van der Waals surface area contributed by atoms with Gasteiger partial charge in [0, 0.05) is 25.2 Å². The van der Waals surface area contributed by atoms with Crippen molar-refractivity contribution in [2.24, 2.45) is 5.73 Å². The second kappa shape index (κ2) is 6.81. The molecule has 1 rings (SSSR count). The van der Waals surface area contributed by atoms with Crippen molar-refractivity contribution in [3.63, 3.8) is 0 Å². The van der Waals surface area contributed by atoms with Crippen molar-refractivity contribution in [1.82, 2.24) is 9.55 Å². The highest BCUT2D eigenvalue weighted by atomic mass is 32.2. The molecule has 1 aromatic heterocycles. The zero-order valence-corrected chi connectivity index (χ0v) is 12.2. The van der Waals surface area contributed by atoms with E-state index >= 15 is 0 Å². The molecule has 1 aromatic rings. The van der Waals surface area contributed by atoms with Crippen LogP contribution >= 0.6 is 0 Å². The number of nitrogens with zero attached hydrogens (tertiary/aromatic N) is 2. The number of aromatic nitrogens is 2. The maximum atomic E-state index is 11.9. The lowest BCUT2D eigenvalue weighted by molar-refractivity contribution is -0.119. The molecule has 0 aliphatic heterocycles. The number of rotatable bonds is 8. The zero-order valence-electron chi connectivity index (χ0n) is 11.4. The number of carbonyl (C=O) groups is 1. The number of imidazole rings is 1. The third-order valence-electron chi connectivity index (χ3n) is 2.81. The standard InChI is InChI=1S/C12H21N3O3S/c1-3-6-15-7-5-14-12(15)9-11(16)10(13)4-8-19(2,17)18/h5,7,10H,3-4,6,8-9,13H2,1-2H3. The normalized spacial score (nSPS) is 13.4. The summed E-state index contributed by atoms with van der Waals surface area (Å²) in [5.74, 6) is 0.442. The molecule has 0 aliphatic carbocycles. The second-order valence-corrected chi connectivity index (χ2v) is 6.96. The molecule has 108 valence electrons. The van der Waals surface area contributed by atoms with Gasteiger partial charge in [-0.05, 0) is 12.8 Å². The third-order valence-corrected chi connectivity index (χ3v) is 3.79. The molecule has 2 N–H and O–H groups in total. The number of Topliss-reactive ketones (excluding diaryl/α,β-unsaturated/α-hetero) is 1. The first kappa shape index (κ1) is 15.8. The minimum Gasteiger partial charge on any atom is -0.335 e. The molecule has 19 heavy (non-hydrogen) atoms. The van der Waals surface area contributed by atoms with Crippen LogP contribution in [0.2, 0.25) is 0 Å². The molecule has 0 saturated heterocycles. The van der Waals surface area contributed by atoms with Gasteiger partial charge in [-0.25, -0.2) is 13.4 Å². The molecule has 1 atom stereocenters. The summed E-state index contributed by atoms with van der Waals surface area (Å²) in [5.41, 5.74) is 5.71. The van der Waals surface area contributed by atoms with E-state index < -0.39 is 15.9 Å². The predicted octanol–water partition coefficient (Wildman–Crippen LogP) is 0.167. The molecule has 0 aromatic carbocycles. The Morgan fingerprint density at radius 1 is 1.53 bits per heavy atom. The molecule has 0 spiro atoms. The molecular weight excluding hydrogens is 266 g/mol. The molecule has 7 heteroatoms. The summed E-state index contributed by atoms with van der Waals surface area (Å²) in [6.45, 7) is 2.85. The highest BCUT2D eigenvalue weighted by Gasteiger charge is 2.18. The Morgan fingerprint density at radius 3 is 2.79 bits per heavy atom. The summed E-state index contributed by atoms with van der Waals surface area (Å²) in [6.07, 6.45) is 5.88. The maximum Gasteiger partial charge on any atom is 0.157 e. The van der Waals surface area contributed by atoms with Crippen molar-refractivity contribution < 1.29 is 13.2 Å². The Kier molecular flexibility index (Phi) is 5.68. The number of ketones is 1. The fraction of sp³-hybridized carbons (Fsp3) is 0.667. The summed E-state index contributed by atoms with van der Waals surface area (Å²) in [5, 5.41) is 0. The van der Waals surface area contributed by atoms with Crippen LogP contribution < -0.4 is 5.73 Å². The molecule has 0 bridgehead atoms. The number of nitrogens with two attached hydrogens (primary N) is 1. The average molecular weight is 287 g/mol. The fourth-order valence-electron chi connectivity index (χ4n) is 1.74. The first-order valence-electron chi connectivity index (χ1n) is 6.29. The summed E-state index contributed by atoms with van der Waals surface area (Å²) in [4.78, 5) is 16.0. The van der Waals surface area contributed by atoms with Gasteiger partial charge in [0.2, 0.25) is 0 Å². The molecular formula is C12H21N3O3S. The lowest BCUT2D eigenvalue weighted by Crippen LogP contribution is -2.34. The van der Waals surface area contributed by atoms with Crippen LogP contribution in [-0.4, -0.2) is 41.8 Å². The second-order valence-electron chi connectivity index (χ2n) is 4.70. The van der Waals surface area contributed by atoms with Gasteiger partial charge < -0.3 is 10.3 Å². The van der Waals surface area contributed by atoms with Crippen molar-refractivity contribution in [2.45, 2.75) is 38.8 Å². The van der Waals surface area contributed by atoms with E-state index in [1.165, 1.54) is 0 Å². The van der Waals surface area contributed by atoms with Gasteiger partial charge in [0.05, 0.1) is 18.2 Å². The maximum absolute atomic E-state index is 11.9. The quantitative estimate of drug-likeness (QED) is 0.735. The summed E-state index contributed by atoms with van der Waals surface area (Å²) < 4.78 is 24.0. The van der Waals surface area contributed by atoms with Gasteiger partial charge in [-0.3, -0.25) is 4.79 Å². The van der Waals surface area contributed by atoms with Crippen molar-refractivity contribution in [1.29, 1.82) is 0 Å². The van der Waals surface area contributed by atoms with E-state index in [2.05, 4.69) is 4.98 Å². The first-order chi connectivity index (χ1) is 8.83. The molecule has 6 nitrogen and oxygen atoms in total. The van der Waals surface area contributed by atoms with Crippen LogP contribution in [0.1, 0.15) is 25.6 Å². The van der Waals surface area contributed by atoms with E-state index in [1.807, 2.05) is 17.7 Å². The van der Waals surface area contributed by atoms with Crippen LogP contribution in [0.5, 0.6) is 0 Å². The topological polar surface area (TPSA) is 95.0 Å². The van der Waals surface area contributed by atoms with Crippen LogP contribution in [0, 0.1) is 0 Å². The first-order valence-corrected chi connectivity index (χ1v) is 8.35. The van der Waals surface area contributed by atoms with Crippen molar-refractivity contribution in [3.05, 3.63) is 18.2 Å². The Bertz CT molecular complexity index is 522. The van der Waals surface area contributed by atoms with E-state index in [1.54, 1.807) is 6.20 Å². The largest absolute Gasteiger partial charge is 0.335 e. The summed E-state index contributed by atoms with van der Waals surface area (Å²) in [6, 6.07) is -0.749. The Hall–Kier alpha value is -1.21. The van der Waals surface area contributed by atoms with Crippen molar-refractivity contribution in [3.8, 4) is 0 Å². The highest BCUT2D eigenvalue weighted by Crippen LogP contribution is 2.04. The van der Waals surface area contributed by atoms with Gasteiger partial charge in [0.15, 0.2) is 5.78 Å². The Labute approximate surface area is 113 Å². The molecule has 1 heterocycles. The van der Waals surface area contributed by atoms with Crippen LogP contribution in [0.25, 0.3) is 0 Å². The van der Waals surface area contributed by atoms with Gasteiger partial charge in [-0.15, -0.1) is 0 Å². The zero-order chi connectivity index (χ0) is 14.5. The molecule has 0 amide bonds. The van der Waals surface area contributed by atoms with Crippen molar-refractivity contribution in [2.75, 3.05) is 12.0 Å². The SMILES string of the molecule is CCCn1ccnc1CC(=O)C(N)CCS(C)(=O)=O. The van der Waals surface area contributed by atoms with Gasteiger partial charge >= 0.3 is 0 Å². The highest BCUT2D eigenvalue weighted by molar-refractivity contribution is 7.90.